The first-order chi connectivity index (χ1) is 9.24. The van der Waals surface area contributed by atoms with E-state index in [9.17, 15) is 4.79 Å². The predicted octanol–water partition coefficient (Wildman–Crippen LogP) is 0.302. The van der Waals surface area contributed by atoms with Gasteiger partial charge in [-0.05, 0) is 23.4 Å². The molecular weight excluding hydrogens is 250 g/mol. The molecular formula is C11H13N5O3. The van der Waals surface area contributed by atoms with E-state index in [0.717, 1.165) is 0 Å². The lowest BCUT2D eigenvalue weighted by Crippen LogP contribution is -2.15. The number of carbonyl (C=O) groups is 1. The number of tetrazole rings is 1. The van der Waals surface area contributed by atoms with E-state index < -0.39 is 5.97 Å². The molecule has 100 valence electrons. The molecule has 0 saturated carbocycles. The molecule has 0 fully saturated rings. The number of nitrogens with zero attached hydrogens (tertiary/aromatic N) is 5. The summed E-state index contributed by atoms with van der Waals surface area (Å²) in [5, 5.41) is 10.9. The summed E-state index contributed by atoms with van der Waals surface area (Å²) in [6.07, 6.45) is 0. The summed E-state index contributed by atoms with van der Waals surface area (Å²) in [6, 6.07) is 5.32. The van der Waals surface area contributed by atoms with Gasteiger partial charge in [0.05, 0.1) is 26.0 Å². The molecule has 0 amide bonds. The minimum Gasteiger partial charge on any atom is -0.481 e. The molecule has 2 heterocycles. The Kier molecular flexibility index (Phi) is 4.01. The molecule has 0 aliphatic rings. The van der Waals surface area contributed by atoms with Crippen molar-refractivity contribution in [2.24, 2.45) is 0 Å². The number of hydrogen-bond donors (Lipinski definition) is 0. The van der Waals surface area contributed by atoms with Crippen LogP contribution >= 0.6 is 0 Å². The Morgan fingerprint density at radius 2 is 2.26 bits per heavy atom. The van der Waals surface area contributed by atoms with Crippen LogP contribution in [0.1, 0.15) is 23.2 Å². The molecule has 2 aromatic rings. The molecule has 0 aliphatic heterocycles. The van der Waals surface area contributed by atoms with E-state index in [-0.39, 0.29) is 19.0 Å². The van der Waals surface area contributed by atoms with Gasteiger partial charge in [-0.1, -0.05) is 6.07 Å². The second kappa shape index (κ2) is 5.89. The first-order valence-corrected chi connectivity index (χ1v) is 5.67. The third-order valence-corrected chi connectivity index (χ3v) is 2.29. The Bertz CT molecular complexity index is 569. The monoisotopic (exact) mass is 263 g/mol. The molecule has 8 nitrogen and oxygen atoms in total. The Balaban J connectivity index is 2.19. The fourth-order valence-electron chi connectivity index (χ4n) is 1.47. The molecule has 0 N–H and O–H groups in total. The van der Waals surface area contributed by atoms with Gasteiger partial charge in [0.1, 0.15) is 0 Å². The smallest absolute Gasteiger partial charge is 0.378 e. The van der Waals surface area contributed by atoms with E-state index in [1.54, 1.807) is 25.1 Å². The van der Waals surface area contributed by atoms with Gasteiger partial charge in [-0.2, -0.15) is 0 Å². The second-order valence-corrected chi connectivity index (χ2v) is 3.55. The largest absolute Gasteiger partial charge is 0.481 e. The SMILES string of the molecule is CCOC(=O)c1nnnn1Cc1cccc(OC)n1. The van der Waals surface area contributed by atoms with Crippen molar-refractivity contribution in [3.8, 4) is 5.88 Å². The zero-order valence-electron chi connectivity index (χ0n) is 10.6. The van der Waals surface area contributed by atoms with E-state index in [1.165, 1.54) is 11.8 Å². The fourth-order valence-corrected chi connectivity index (χ4v) is 1.47. The lowest BCUT2D eigenvalue weighted by Gasteiger charge is -2.05. The average molecular weight is 263 g/mol. The summed E-state index contributed by atoms with van der Waals surface area (Å²) < 4.78 is 11.2. The first-order valence-electron chi connectivity index (χ1n) is 5.67. The van der Waals surface area contributed by atoms with Crippen molar-refractivity contribution in [1.29, 1.82) is 0 Å². The topological polar surface area (TPSA) is 92.0 Å². The van der Waals surface area contributed by atoms with Crippen LogP contribution in [-0.4, -0.2) is 44.9 Å². The number of methoxy groups -OCH3 is 1. The summed E-state index contributed by atoms with van der Waals surface area (Å²) in [5.74, 6) is -0.0230. The van der Waals surface area contributed by atoms with Gasteiger partial charge in [0.25, 0.3) is 5.82 Å². The van der Waals surface area contributed by atoms with Crippen molar-refractivity contribution < 1.29 is 14.3 Å². The standard InChI is InChI=1S/C11H13N5O3/c1-3-19-11(17)10-13-14-15-16(10)7-8-5-4-6-9(12-8)18-2/h4-6H,3,7H2,1-2H3. The highest BCUT2D eigenvalue weighted by Crippen LogP contribution is 2.08. The van der Waals surface area contributed by atoms with Gasteiger partial charge < -0.3 is 9.47 Å². The maximum Gasteiger partial charge on any atom is 0.378 e. The van der Waals surface area contributed by atoms with Crippen molar-refractivity contribution in [2.45, 2.75) is 13.5 Å². The highest BCUT2D eigenvalue weighted by molar-refractivity contribution is 5.85. The number of pyridine rings is 1. The summed E-state index contributed by atoms with van der Waals surface area (Å²) in [5.41, 5.74) is 0.678. The number of hydrogen-bond acceptors (Lipinski definition) is 7. The Morgan fingerprint density at radius 3 is 3.00 bits per heavy atom. The van der Waals surface area contributed by atoms with Gasteiger partial charge in [0.15, 0.2) is 0 Å². The zero-order valence-corrected chi connectivity index (χ0v) is 10.6. The van der Waals surface area contributed by atoms with Crippen LogP contribution < -0.4 is 4.74 Å². The highest BCUT2D eigenvalue weighted by Gasteiger charge is 2.17. The minimum atomic E-state index is -0.560. The zero-order chi connectivity index (χ0) is 13.7. The summed E-state index contributed by atoms with van der Waals surface area (Å²) in [4.78, 5) is 15.8. The molecule has 0 unspecified atom stereocenters. The van der Waals surface area contributed by atoms with Crippen LogP contribution in [0.2, 0.25) is 0 Å². The molecule has 0 spiro atoms. The Hall–Kier alpha value is -2.51. The average Bonchev–Trinajstić information content (AvgIpc) is 2.87. The second-order valence-electron chi connectivity index (χ2n) is 3.55. The van der Waals surface area contributed by atoms with E-state index in [4.69, 9.17) is 9.47 Å². The number of esters is 1. The normalized spacial score (nSPS) is 10.2. The lowest BCUT2D eigenvalue weighted by molar-refractivity contribution is 0.0505. The highest BCUT2D eigenvalue weighted by atomic mass is 16.5. The van der Waals surface area contributed by atoms with Crippen LogP contribution in [0.5, 0.6) is 5.88 Å². The Morgan fingerprint density at radius 1 is 1.42 bits per heavy atom. The van der Waals surface area contributed by atoms with Crippen LogP contribution in [-0.2, 0) is 11.3 Å². The maximum atomic E-state index is 11.6. The molecule has 0 aliphatic carbocycles. The van der Waals surface area contributed by atoms with Crippen molar-refractivity contribution in [2.75, 3.05) is 13.7 Å². The predicted molar refractivity (Wildman–Crippen MR) is 63.7 cm³/mol. The minimum absolute atomic E-state index is 0.0477. The Labute approximate surface area is 109 Å². The summed E-state index contributed by atoms with van der Waals surface area (Å²) in [6.45, 7) is 2.25. The molecule has 0 bridgehead atoms. The first kappa shape index (κ1) is 12.9. The molecule has 0 atom stereocenters. The summed E-state index contributed by atoms with van der Waals surface area (Å²) >= 11 is 0. The number of carbonyl (C=O) groups excluding carboxylic acids is 1. The van der Waals surface area contributed by atoms with Gasteiger partial charge in [-0.25, -0.2) is 14.5 Å². The molecule has 19 heavy (non-hydrogen) atoms. The quantitative estimate of drug-likeness (QED) is 0.716. The molecule has 2 rings (SSSR count). The fraction of sp³-hybridized carbons (Fsp3) is 0.364. The van der Waals surface area contributed by atoms with Crippen LogP contribution in [0.25, 0.3) is 0 Å². The lowest BCUT2D eigenvalue weighted by atomic mass is 10.3. The summed E-state index contributed by atoms with van der Waals surface area (Å²) in [7, 11) is 1.53. The van der Waals surface area contributed by atoms with Crippen LogP contribution in [0.3, 0.4) is 0 Å². The van der Waals surface area contributed by atoms with Gasteiger partial charge in [-0.15, -0.1) is 5.10 Å². The van der Waals surface area contributed by atoms with E-state index in [1.807, 2.05) is 0 Å². The van der Waals surface area contributed by atoms with E-state index in [2.05, 4.69) is 20.5 Å². The number of rotatable bonds is 5. The van der Waals surface area contributed by atoms with Gasteiger partial charge in [0.2, 0.25) is 5.88 Å². The van der Waals surface area contributed by atoms with Gasteiger partial charge in [-0.3, -0.25) is 0 Å². The van der Waals surface area contributed by atoms with Gasteiger partial charge >= 0.3 is 5.97 Å². The molecule has 8 heteroatoms. The molecule has 2 aromatic heterocycles. The van der Waals surface area contributed by atoms with Crippen molar-refractivity contribution in [1.82, 2.24) is 25.2 Å². The molecule has 0 radical (unpaired) electrons. The third kappa shape index (κ3) is 3.03. The number of ether oxygens (including phenoxy) is 2. The van der Waals surface area contributed by atoms with Crippen molar-refractivity contribution in [3.05, 3.63) is 29.7 Å². The van der Waals surface area contributed by atoms with Crippen LogP contribution in [0.15, 0.2) is 18.2 Å². The molecule has 0 aromatic carbocycles. The van der Waals surface area contributed by atoms with Crippen LogP contribution in [0, 0.1) is 0 Å². The van der Waals surface area contributed by atoms with E-state index >= 15 is 0 Å². The molecule has 0 saturated heterocycles. The van der Waals surface area contributed by atoms with E-state index in [0.29, 0.717) is 11.6 Å². The van der Waals surface area contributed by atoms with Crippen molar-refractivity contribution >= 4 is 5.97 Å². The number of aromatic nitrogens is 5. The van der Waals surface area contributed by atoms with Crippen molar-refractivity contribution in [3.63, 3.8) is 0 Å². The van der Waals surface area contributed by atoms with Gasteiger partial charge in [0, 0.05) is 6.07 Å². The third-order valence-electron chi connectivity index (χ3n) is 2.29. The van der Waals surface area contributed by atoms with Crippen LogP contribution in [0.4, 0.5) is 0 Å². The maximum absolute atomic E-state index is 11.6.